The van der Waals surface area contributed by atoms with Crippen molar-refractivity contribution in [3.63, 3.8) is 0 Å². The van der Waals surface area contributed by atoms with Crippen LogP contribution in [0, 0.1) is 11.8 Å². The third kappa shape index (κ3) is 4.15. The molecular weight excluding hydrogens is 342 g/mol. The second kappa shape index (κ2) is 8.11. The van der Waals surface area contributed by atoms with Gasteiger partial charge in [0.25, 0.3) is 0 Å². The topological polar surface area (TPSA) is 60.9 Å². The Morgan fingerprint density at radius 1 is 1.00 bits per heavy atom. The van der Waals surface area contributed by atoms with Crippen LogP contribution in [0.4, 0.5) is 5.69 Å². The van der Waals surface area contributed by atoms with Crippen LogP contribution in [-0.2, 0) is 20.9 Å². The number of hydrogen-bond donors (Lipinski definition) is 0. The molecule has 0 N–H and O–H groups in total. The van der Waals surface area contributed by atoms with Crippen LogP contribution >= 0.6 is 0 Å². The molecule has 1 heterocycles. The van der Waals surface area contributed by atoms with Crippen molar-refractivity contribution in [1.29, 1.82) is 0 Å². The predicted molar refractivity (Wildman–Crippen MR) is 104 cm³/mol. The molecule has 1 aliphatic carbocycles. The van der Waals surface area contributed by atoms with Crippen molar-refractivity contribution in [2.24, 2.45) is 11.8 Å². The number of hydrogen-bond acceptors (Lipinski definition) is 4. The molecule has 0 unspecified atom stereocenters. The van der Waals surface area contributed by atoms with Gasteiger partial charge in [-0.25, -0.2) is 0 Å². The monoisotopic (exact) mass is 371 g/mol. The first-order chi connectivity index (χ1) is 12.9. The van der Waals surface area contributed by atoms with E-state index in [2.05, 4.69) is 0 Å². The molecule has 0 radical (unpaired) electrons. The summed E-state index contributed by atoms with van der Waals surface area (Å²) in [6, 6.07) is 8.07. The third-order valence-corrected chi connectivity index (χ3v) is 5.78. The summed E-state index contributed by atoms with van der Waals surface area (Å²) in [6.45, 7) is 0.715. The molecule has 2 fully saturated rings. The summed E-state index contributed by atoms with van der Waals surface area (Å²) >= 11 is 0. The predicted octanol–water partition coefficient (Wildman–Crippen LogP) is 2.28. The zero-order valence-electron chi connectivity index (χ0n) is 16.5. The Morgan fingerprint density at radius 2 is 1.56 bits per heavy atom. The molecule has 0 bridgehead atoms. The summed E-state index contributed by atoms with van der Waals surface area (Å²) in [4.78, 5) is 42.5. The van der Waals surface area contributed by atoms with E-state index < -0.39 is 0 Å². The van der Waals surface area contributed by atoms with Crippen LogP contribution in [-0.4, -0.2) is 55.2 Å². The summed E-state index contributed by atoms with van der Waals surface area (Å²) < 4.78 is 0. The van der Waals surface area contributed by atoms with Crippen molar-refractivity contribution >= 4 is 23.4 Å². The van der Waals surface area contributed by atoms with Crippen molar-refractivity contribution in [2.75, 3.05) is 32.6 Å². The van der Waals surface area contributed by atoms with Gasteiger partial charge in [0.2, 0.25) is 17.7 Å². The first kappa shape index (κ1) is 19.4. The number of anilines is 1. The molecule has 1 aromatic carbocycles. The molecule has 1 saturated carbocycles. The molecular formula is C21H29N3O3. The van der Waals surface area contributed by atoms with Gasteiger partial charge in [-0.2, -0.15) is 0 Å². The fraction of sp³-hybridized carbons (Fsp3) is 0.571. The van der Waals surface area contributed by atoms with E-state index in [9.17, 15) is 14.4 Å². The second-order valence-corrected chi connectivity index (χ2v) is 7.89. The largest absolute Gasteiger partial charge is 0.378 e. The summed E-state index contributed by atoms with van der Waals surface area (Å²) in [5.41, 5.74) is 2.16. The summed E-state index contributed by atoms with van der Waals surface area (Å²) in [5.74, 6) is -0.482. The van der Waals surface area contributed by atoms with Gasteiger partial charge in [0.15, 0.2) is 0 Å². The Bertz CT molecular complexity index is 690. The lowest BCUT2D eigenvalue weighted by molar-refractivity contribution is -0.140. The first-order valence-corrected chi connectivity index (χ1v) is 9.74. The highest BCUT2D eigenvalue weighted by atomic mass is 16.2. The molecule has 1 saturated heterocycles. The van der Waals surface area contributed by atoms with Gasteiger partial charge in [-0.05, 0) is 30.5 Å². The fourth-order valence-corrected chi connectivity index (χ4v) is 4.11. The number of benzene rings is 1. The molecule has 146 valence electrons. The molecule has 2 aliphatic rings. The number of carbonyl (C=O) groups excluding carboxylic acids is 3. The second-order valence-electron chi connectivity index (χ2n) is 7.89. The Kier molecular flexibility index (Phi) is 5.82. The Hall–Kier alpha value is -2.37. The summed E-state index contributed by atoms with van der Waals surface area (Å²) in [5, 5.41) is 0. The quantitative estimate of drug-likeness (QED) is 0.720. The van der Waals surface area contributed by atoms with E-state index in [1.54, 1.807) is 11.9 Å². The lowest BCUT2D eigenvalue weighted by Gasteiger charge is -2.20. The lowest BCUT2D eigenvalue weighted by Crippen LogP contribution is -2.36. The zero-order valence-corrected chi connectivity index (χ0v) is 16.5. The SMILES string of the molecule is CN(Cc1ccc(N(C)C)cc1)C(=O)CCN1C(=O)[C@H]2CCCC[C@@H]2C1=O. The third-order valence-electron chi connectivity index (χ3n) is 5.78. The Labute approximate surface area is 161 Å². The minimum atomic E-state index is -0.144. The van der Waals surface area contributed by atoms with E-state index in [0.29, 0.717) is 6.54 Å². The van der Waals surface area contributed by atoms with Crippen molar-refractivity contribution in [3.05, 3.63) is 29.8 Å². The highest BCUT2D eigenvalue weighted by Gasteiger charge is 2.47. The van der Waals surface area contributed by atoms with Crippen LogP contribution in [0.2, 0.25) is 0 Å². The van der Waals surface area contributed by atoms with Gasteiger partial charge in [-0.1, -0.05) is 25.0 Å². The van der Waals surface area contributed by atoms with E-state index in [1.165, 1.54) is 4.90 Å². The number of amides is 3. The normalized spacial score (nSPS) is 22.0. The van der Waals surface area contributed by atoms with Crippen molar-refractivity contribution in [3.8, 4) is 0 Å². The highest BCUT2D eigenvalue weighted by molar-refractivity contribution is 6.05. The average molecular weight is 371 g/mol. The van der Waals surface area contributed by atoms with Crippen molar-refractivity contribution < 1.29 is 14.4 Å². The molecule has 27 heavy (non-hydrogen) atoms. The maximum absolute atomic E-state index is 12.5. The maximum atomic E-state index is 12.5. The standard InChI is InChI=1S/C21H29N3O3/c1-22(2)16-10-8-15(9-11-16)14-23(3)19(25)12-13-24-20(26)17-6-4-5-7-18(17)21(24)27/h8-11,17-18H,4-7,12-14H2,1-3H3/t17-,18-/m0/s1. The number of likely N-dealkylation sites (tertiary alicyclic amines) is 1. The Balaban J connectivity index is 1.52. The molecule has 1 aliphatic heterocycles. The minimum absolute atomic E-state index is 0.0536. The lowest BCUT2D eigenvalue weighted by atomic mass is 9.81. The molecule has 3 amide bonds. The number of nitrogens with zero attached hydrogens (tertiary/aromatic N) is 3. The van der Waals surface area contributed by atoms with E-state index in [4.69, 9.17) is 0 Å². The molecule has 1 aromatic rings. The van der Waals surface area contributed by atoms with Crippen LogP contribution in [0.1, 0.15) is 37.7 Å². The van der Waals surface area contributed by atoms with Gasteiger partial charge in [0.1, 0.15) is 0 Å². The van der Waals surface area contributed by atoms with Crippen LogP contribution < -0.4 is 4.90 Å². The van der Waals surface area contributed by atoms with E-state index in [0.717, 1.165) is 36.9 Å². The molecule has 6 heteroatoms. The minimum Gasteiger partial charge on any atom is -0.378 e. The van der Waals surface area contributed by atoms with Gasteiger partial charge in [-0.15, -0.1) is 0 Å². The molecule has 0 aromatic heterocycles. The maximum Gasteiger partial charge on any atom is 0.233 e. The van der Waals surface area contributed by atoms with Gasteiger partial charge >= 0.3 is 0 Å². The number of imide groups is 1. The smallest absolute Gasteiger partial charge is 0.233 e. The van der Waals surface area contributed by atoms with Gasteiger partial charge in [0, 0.05) is 46.3 Å². The fourth-order valence-electron chi connectivity index (χ4n) is 4.11. The number of carbonyl (C=O) groups is 3. The first-order valence-electron chi connectivity index (χ1n) is 9.74. The summed E-state index contributed by atoms with van der Waals surface area (Å²) in [6.07, 6.45) is 3.83. The Morgan fingerprint density at radius 3 is 2.07 bits per heavy atom. The molecule has 2 atom stereocenters. The zero-order chi connectivity index (χ0) is 19.6. The number of fused-ring (bicyclic) bond motifs is 1. The molecule has 6 nitrogen and oxygen atoms in total. The number of rotatable bonds is 6. The van der Waals surface area contributed by atoms with Gasteiger partial charge in [-0.3, -0.25) is 19.3 Å². The van der Waals surface area contributed by atoms with E-state index >= 15 is 0 Å². The van der Waals surface area contributed by atoms with Crippen LogP contribution in [0.15, 0.2) is 24.3 Å². The molecule has 3 rings (SSSR count). The van der Waals surface area contributed by atoms with Crippen LogP contribution in [0.3, 0.4) is 0 Å². The van der Waals surface area contributed by atoms with Gasteiger partial charge in [0.05, 0.1) is 11.8 Å². The average Bonchev–Trinajstić information content (AvgIpc) is 2.91. The van der Waals surface area contributed by atoms with Gasteiger partial charge < -0.3 is 9.80 Å². The highest BCUT2D eigenvalue weighted by Crippen LogP contribution is 2.38. The van der Waals surface area contributed by atoms with Crippen molar-refractivity contribution in [2.45, 2.75) is 38.6 Å². The molecule has 0 spiro atoms. The van der Waals surface area contributed by atoms with E-state index in [1.807, 2.05) is 43.3 Å². The van der Waals surface area contributed by atoms with Crippen LogP contribution in [0.25, 0.3) is 0 Å². The van der Waals surface area contributed by atoms with Crippen LogP contribution in [0.5, 0.6) is 0 Å². The van der Waals surface area contributed by atoms with Crippen molar-refractivity contribution in [1.82, 2.24) is 9.80 Å². The summed E-state index contributed by atoms with van der Waals surface area (Å²) in [7, 11) is 5.74. The van der Waals surface area contributed by atoms with E-state index in [-0.39, 0.29) is 42.5 Å².